The largest absolute Gasteiger partial charge is 0.507 e. The lowest BCUT2D eigenvalue weighted by Crippen LogP contribution is -2.41. The lowest BCUT2D eigenvalue weighted by Gasteiger charge is -2.07. The lowest BCUT2D eigenvalue weighted by atomic mass is 10.2. The fourth-order valence-electron chi connectivity index (χ4n) is 2.04. The van der Waals surface area contributed by atoms with Crippen LogP contribution < -0.4 is 10.9 Å². The van der Waals surface area contributed by atoms with Crippen LogP contribution in [0.15, 0.2) is 48.5 Å². The second-order valence-electron chi connectivity index (χ2n) is 4.54. The molecule has 1 aromatic heterocycles. The van der Waals surface area contributed by atoms with E-state index in [4.69, 9.17) is 0 Å². The summed E-state index contributed by atoms with van der Waals surface area (Å²) in [6.07, 6.45) is 0. The van der Waals surface area contributed by atoms with E-state index in [0.29, 0.717) is 5.39 Å². The zero-order chi connectivity index (χ0) is 15.5. The van der Waals surface area contributed by atoms with Crippen molar-refractivity contribution in [2.45, 2.75) is 0 Å². The first kappa shape index (κ1) is 13.6. The van der Waals surface area contributed by atoms with E-state index in [9.17, 15) is 14.7 Å². The van der Waals surface area contributed by atoms with Gasteiger partial charge in [-0.05, 0) is 18.2 Å². The Balaban J connectivity index is 1.73. The number of nitrogens with one attached hydrogen (secondary N) is 3. The van der Waals surface area contributed by atoms with Gasteiger partial charge in [0.2, 0.25) is 0 Å². The molecule has 0 saturated carbocycles. The number of H-pyrrole nitrogens is 1. The molecule has 0 radical (unpaired) electrons. The Morgan fingerprint density at radius 3 is 2.45 bits per heavy atom. The molecule has 0 atom stereocenters. The van der Waals surface area contributed by atoms with Crippen LogP contribution in [0.4, 0.5) is 0 Å². The van der Waals surface area contributed by atoms with Crippen LogP contribution in [0.2, 0.25) is 0 Å². The highest BCUT2D eigenvalue weighted by molar-refractivity contribution is 6.06. The van der Waals surface area contributed by atoms with Gasteiger partial charge in [0, 0.05) is 5.39 Å². The number of aromatic hydroxyl groups is 1. The first-order valence-electron chi connectivity index (χ1n) is 6.48. The molecule has 2 aromatic carbocycles. The van der Waals surface area contributed by atoms with Crippen molar-refractivity contribution in [1.82, 2.24) is 21.0 Å². The molecule has 0 spiro atoms. The topological polar surface area (TPSA) is 107 Å². The number of hydrogen-bond acceptors (Lipinski definition) is 4. The summed E-state index contributed by atoms with van der Waals surface area (Å²) in [5, 5.41) is 16.9. The number of hydrogen-bond donors (Lipinski definition) is 4. The van der Waals surface area contributed by atoms with Gasteiger partial charge in [-0.2, -0.15) is 5.10 Å². The molecule has 3 rings (SSSR count). The first-order valence-corrected chi connectivity index (χ1v) is 6.48. The van der Waals surface area contributed by atoms with E-state index in [2.05, 4.69) is 21.0 Å². The second kappa shape index (κ2) is 5.57. The number of aromatic nitrogens is 2. The van der Waals surface area contributed by atoms with E-state index in [1.54, 1.807) is 30.3 Å². The molecule has 0 fully saturated rings. The average molecular weight is 296 g/mol. The summed E-state index contributed by atoms with van der Waals surface area (Å²) in [4.78, 5) is 24.0. The minimum Gasteiger partial charge on any atom is -0.507 e. The zero-order valence-corrected chi connectivity index (χ0v) is 11.3. The van der Waals surface area contributed by atoms with Gasteiger partial charge >= 0.3 is 0 Å². The summed E-state index contributed by atoms with van der Waals surface area (Å²) in [7, 11) is 0. The molecule has 3 aromatic rings. The quantitative estimate of drug-likeness (QED) is 0.535. The Bertz CT molecular complexity index is 857. The predicted octanol–water partition coefficient (Wildman–Crippen LogP) is 1.34. The number of carbonyl (C=O) groups excluding carboxylic acids is 2. The van der Waals surface area contributed by atoms with E-state index in [1.165, 1.54) is 12.1 Å². The summed E-state index contributed by atoms with van der Waals surface area (Å²) >= 11 is 0. The second-order valence-corrected chi connectivity index (χ2v) is 4.54. The number of rotatable bonds is 2. The van der Waals surface area contributed by atoms with Gasteiger partial charge in [0.1, 0.15) is 5.75 Å². The minimum absolute atomic E-state index is 0.0645. The lowest BCUT2D eigenvalue weighted by molar-refractivity contribution is 0.0843. The number of phenolic OH excluding ortho intramolecular Hbond substituents is 1. The maximum absolute atomic E-state index is 12.1. The van der Waals surface area contributed by atoms with Gasteiger partial charge in [-0.3, -0.25) is 25.5 Å². The van der Waals surface area contributed by atoms with E-state index < -0.39 is 11.8 Å². The molecule has 4 N–H and O–H groups in total. The SMILES string of the molecule is O=C(NNC(=O)c1n[nH]c2ccccc12)c1ccccc1O. The van der Waals surface area contributed by atoms with Crippen molar-refractivity contribution in [2.75, 3.05) is 0 Å². The molecule has 2 amide bonds. The molecule has 0 aliphatic heterocycles. The van der Waals surface area contributed by atoms with Gasteiger partial charge in [0.15, 0.2) is 5.69 Å². The fourth-order valence-corrected chi connectivity index (χ4v) is 2.04. The van der Waals surface area contributed by atoms with Gasteiger partial charge in [-0.15, -0.1) is 0 Å². The Labute approximate surface area is 124 Å². The third-order valence-corrected chi connectivity index (χ3v) is 3.12. The number of phenols is 1. The Hall–Kier alpha value is -3.35. The Morgan fingerprint density at radius 1 is 0.955 bits per heavy atom. The van der Waals surface area contributed by atoms with Crippen molar-refractivity contribution in [3.05, 3.63) is 59.8 Å². The number of amides is 2. The van der Waals surface area contributed by atoms with Crippen LogP contribution in [0.3, 0.4) is 0 Å². The van der Waals surface area contributed by atoms with Gasteiger partial charge in [0.05, 0.1) is 11.1 Å². The number of aromatic amines is 1. The molecule has 0 aliphatic carbocycles. The van der Waals surface area contributed by atoms with Crippen molar-refractivity contribution in [3.8, 4) is 5.75 Å². The number of fused-ring (bicyclic) bond motifs is 1. The van der Waals surface area contributed by atoms with E-state index >= 15 is 0 Å². The summed E-state index contributed by atoms with van der Waals surface area (Å²) in [6, 6.07) is 13.2. The van der Waals surface area contributed by atoms with Crippen molar-refractivity contribution < 1.29 is 14.7 Å². The Kier molecular flexibility index (Phi) is 3.45. The minimum atomic E-state index is -0.619. The Morgan fingerprint density at radius 2 is 1.64 bits per heavy atom. The van der Waals surface area contributed by atoms with E-state index in [0.717, 1.165) is 5.52 Å². The molecule has 0 saturated heterocycles. The van der Waals surface area contributed by atoms with Crippen LogP contribution in [-0.4, -0.2) is 27.1 Å². The molecule has 7 heteroatoms. The van der Waals surface area contributed by atoms with Gasteiger partial charge in [-0.1, -0.05) is 30.3 Å². The van der Waals surface area contributed by atoms with Crippen molar-refractivity contribution >= 4 is 22.7 Å². The molecule has 110 valence electrons. The van der Waals surface area contributed by atoms with Crippen molar-refractivity contribution in [3.63, 3.8) is 0 Å². The number of nitrogens with zero attached hydrogens (tertiary/aromatic N) is 1. The summed E-state index contributed by atoms with van der Waals surface area (Å²) < 4.78 is 0. The summed E-state index contributed by atoms with van der Waals surface area (Å²) in [5.41, 5.74) is 5.47. The highest BCUT2D eigenvalue weighted by Crippen LogP contribution is 2.16. The summed E-state index contributed by atoms with van der Waals surface area (Å²) in [6.45, 7) is 0. The molecule has 0 bridgehead atoms. The van der Waals surface area contributed by atoms with Crippen molar-refractivity contribution in [1.29, 1.82) is 0 Å². The van der Waals surface area contributed by atoms with Gasteiger partial charge in [0.25, 0.3) is 11.8 Å². The standard InChI is InChI=1S/C15H12N4O3/c20-12-8-4-2-6-10(12)14(21)18-19-15(22)13-9-5-1-3-7-11(9)16-17-13/h1-8,20H,(H,16,17)(H,18,21)(H,19,22). The van der Waals surface area contributed by atoms with E-state index in [-0.39, 0.29) is 17.0 Å². The third-order valence-electron chi connectivity index (χ3n) is 3.12. The van der Waals surface area contributed by atoms with Gasteiger partial charge < -0.3 is 5.11 Å². The van der Waals surface area contributed by atoms with Crippen LogP contribution in [0, 0.1) is 0 Å². The third kappa shape index (κ3) is 2.47. The highest BCUT2D eigenvalue weighted by Gasteiger charge is 2.16. The number of carbonyl (C=O) groups is 2. The smallest absolute Gasteiger partial charge is 0.290 e. The van der Waals surface area contributed by atoms with Crippen LogP contribution in [-0.2, 0) is 0 Å². The normalized spacial score (nSPS) is 10.4. The van der Waals surface area contributed by atoms with Gasteiger partial charge in [-0.25, -0.2) is 0 Å². The molecule has 1 heterocycles. The molecule has 0 aliphatic rings. The van der Waals surface area contributed by atoms with Crippen LogP contribution >= 0.6 is 0 Å². The molecular weight excluding hydrogens is 284 g/mol. The average Bonchev–Trinajstić information content (AvgIpc) is 2.97. The maximum atomic E-state index is 12.1. The number of benzene rings is 2. The van der Waals surface area contributed by atoms with Crippen LogP contribution in [0.25, 0.3) is 10.9 Å². The molecule has 22 heavy (non-hydrogen) atoms. The predicted molar refractivity (Wildman–Crippen MR) is 79.1 cm³/mol. The van der Waals surface area contributed by atoms with Crippen molar-refractivity contribution in [2.24, 2.45) is 0 Å². The summed E-state index contributed by atoms with van der Waals surface area (Å²) in [5.74, 6) is -1.34. The highest BCUT2D eigenvalue weighted by atomic mass is 16.3. The molecular formula is C15H12N4O3. The molecule has 7 nitrogen and oxygen atoms in total. The van der Waals surface area contributed by atoms with Crippen LogP contribution in [0.5, 0.6) is 5.75 Å². The first-order chi connectivity index (χ1) is 10.7. The van der Waals surface area contributed by atoms with E-state index in [1.807, 2.05) is 6.07 Å². The van der Waals surface area contributed by atoms with Crippen LogP contribution in [0.1, 0.15) is 20.8 Å². The zero-order valence-electron chi connectivity index (χ0n) is 11.3. The monoisotopic (exact) mass is 296 g/mol. The number of hydrazine groups is 1. The maximum Gasteiger partial charge on any atom is 0.290 e. The molecule has 0 unspecified atom stereocenters. The number of para-hydroxylation sites is 2. The fraction of sp³-hybridized carbons (Fsp3) is 0.